The number of anilines is 1. The third kappa shape index (κ3) is 3.86. The van der Waals surface area contributed by atoms with Crippen molar-refractivity contribution in [2.75, 3.05) is 12.4 Å². The molecule has 0 aliphatic carbocycles. The molecule has 0 aliphatic heterocycles. The summed E-state index contributed by atoms with van der Waals surface area (Å²) >= 11 is 0. The molecule has 2 N–H and O–H groups in total. The molecule has 0 bridgehead atoms. The van der Waals surface area contributed by atoms with Gasteiger partial charge in [0.2, 0.25) is 10.0 Å². The van der Waals surface area contributed by atoms with Gasteiger partial charge in [-0.05, 0) is 49.9 Å². The van der Waals surface area contributed by atoms with Crippen LogP contribution in [0.15, 0.2) is 47.5 Å². The molecule has 0 spiro atoms. The number of rotatable bonds is 7. The van der Waals surface area contributed by atoms with E-state index in [-0.39, 0.29) is 4.90 Å². The molecule has 5 nitrogen and oxygen atoms in total. The fraction of sp³-hybridized carbons (Fsp3) is 0.333. The molecule has 0 saturated heterocycles. The molecule has 21 heavy (non-hydrogen) atoms. The largest absolute Gasteiger partial charge is 0.379 e. The van der Waals surface area contributed by atoms with E-state index in [9.17, 15) is 8.42 Å². The van der Waals surface area contributed by atoms with Gasteiger partial charge in [0.25, 0.3) is 0 Å². The number of aryl methyl sites for hydroxylation is 1. The van der Waals surface area contributed by atoms with Gasteiger partial charge in [-0.25, -0.2) is 13.1 Å². The number of benzene rings is 1. The molecule has 1 aromatic heterocycles. The summed E-state index contributed by atoms with van der Waals surface area (Å²) in [7, 11) is -1.96. The Labute approximate surface area is 126 Å². The minimum atomic E-state index is -3.37. The van der Waals surface area contributed by atoms with Gasteiger partial charge in [0.1, 0.15) is 0 Å². The summed E-state index contributed by atoms with van der Waals surface area (Å²) in [6.07, 6.45) is 3.17. The van der Waals surface area contributed by atoms with E-state index in [0.29, 0.717) is 6.54 Å². The summed E-state index contributed by atoms with van der Waals surface area (Å²) < 4.78 is 27.8. The highest BCUT2D eigenvalue weighted by molar-refractivity contribution is 7.89. The number of nitrogens with one attached hydrogen (secondary N) is 2. The zero-order chi connectivity index (χ0) is 15.3. The second-order valence-corrected chi connectivity index (χ2v) is 6.66. The molecule has 114 valence electrons. The van der Waals surface area contributed by atoms with Gasteiger partial charge in [-0.1, -0.05) is 6.92 Å². The Morgan fingerprint density at radius 3 is 2.48 bits per heavy atom. The molecule has 1 aromatic carbocycles. The zero-order valence-electron chi connectivity index (χ0n) is 12.3. The van der Waals surface area contributed by atoms with Crippen LogP contribution in [0.4, 0.5) is 5.69 Å². The minimum absolute atomic E-state index is 0.268. The molecule has 0 fully saturated rings. The lowest BCUT2D eigenvalue weighted by atomic mass is 10.3. The maximum atomic E-state index is 11.6. The van der Waals surface area contributed by atoms with E-state index in [0.717, 1.165) is 18.7 Å². The van der Waals surface area contributed by atoms with Crippen molar-refractivity contribution in [3.63, 3.8) is 0 Å². The average Bonchev–Trinajstić information content (AvgIpc) is 2.93. The zero-order valence-corrected chi connectivity index (χ0v) is 13.2. The molecule has 2 aromatic rings. The van der Waals surface area contributed by atoms with Gasteiger partial charge in [0, 0.05) is 24.1 Å². The van der Waals surface area contributed by atoms with Crippen LogP contribution in [0.1, 0.15) is 19.0 Å². The van der Waals surface area contributed by atoms with Crippen molar-refractivity contribution in [3.05, 3.63) is 48.3 Å². The van der Waals surface area contributed by atoms with Crippen LogP contribution in [0.3, 0.4) is 0 Å². The lowest BCUT2D eigenvalue weighted by molar-refractivity contribution is 0.588. The fourth-order valence-corrected chi connectivity index (χ4v) is 2.86. The maximum absolute atomic E-state index is 11.6. The van der Waals surface area contributed by atoms with Crippen molar-refractivity contribution in [2.45, 2.75) is 31.3 Å². The first kappa shape index (κ1) is 15.6. The van der Waals surface area contributed by atoms with Crippen LogP contribution in [0.5, 0.6) is 0 Å². The van der Waals surface area contributed by atoms with Crippen molar-refractivity contribution in [1.29, 1.82) is 0 Å². The van der Waals surface area contributed by atoms with E-state index < -0.39 is 10.0 Å². The molecule has 0 amide bonds. The smallest absolute Gasteiger partial charge is 0.240 e. The normalized spacial score (nSPS) is 11.5. The number of hydrogen-bond donors (Lipinski definition) is 2. The Bertz CT molecular complexity index is 675. The van der Waals surface area contributed by atoms with E-state index in [1.54, 1.807) is 24.3 Å². The maximum Gasteiger partial charge on any atom is 0.240 e. The van der Waals surface area contributed by atoms with Crippen molar-refractivity contribution in [3.8, 4) is 0 Å². The summed E-state index contributed by atoms with van der Waals surface area (Å²) in [5.41, 5.74) is 2.11. The van der Waals surface area contributed by atoms with Gasteiger partial charge in [-0.15, -0.1) is 0 Å². The van der Waals surface area contributed by atoms with Crippen LogP contribution in [-0.4, -0.2) is 20.0 Å². The van der Waals surface area contributed by atoms with Crippen molar-refractivity contribution in [1.82, 2.24) is 9.29 Å². The van der Waals surface area contributed by atoms with Crippen molar-refractivity contribution >= 4 is 15.7 Å². The Morgan fingerprint density at radius 2 is 1.86 bits per heavy atom. The molecule has 1 heterocycles. The molecular formula is C15H21N3O2S. The monoisotopic (exact) mass is 307 g/mol. The van der Waals surface area contributed by atoms with E-state index in [1.165, 1.54) is 12.7 Å². The third-order valence-corrected chi connectivity index (χ3v) is 4.73. The topological polar surface area (TPSA) is 63.1 Å². The molecule has 2 rings (SSSR count). The molecule has 6 heteroatoms. The Hall–Kier alpha value is -1.79. The third-order valence-electron chi connectivity index (χ3n) is 3.30. The first-order chi connectivity index (χ1) is 10.1. The summed E-state index contributed by atoms with van der Waals surface area (Å²) in [5.74, 6) is 0. The van der Waals surface area contributed by atoms with Crippen LogP contribution in [0.25, 0.3) is 0 Å². The van der Waals surface area contributed by atoms with Crippen LogP contribution >= 0.6 is 0 Å². The highest BCUT2D eigenvalue weighted by Gasteiger charge is 2.10. The van der Waals surface area contributed by atoms with Crippen LogP contribution in [0.2, 0.25) is 0 Å². The first-order valence-corrected chi connectivity index (χ1v) is 8.46. The first-order valence-electron chi connectivity index (χ1n) is 6.98. The van der Waals surface area contributed by atoms with E-state index in [1.807, 2.05) is 6.07 Å². The summed E-state index contributed by atoms with van der Waals surface area (Å²) in [4.78, 5) is 0.268. The van der Waals surface area contributed by atoms with Crippen LogP contribution < -0.4 is 10.0 Å². The van der Waals surface area contributed by atoms with E-state index >= 15 is 0 Å². The van der Waals surface area contributed by atoms with Gasteiger partial charge in [0.05, 0.1) is 11.4 Å². The van der Waals surface area contributed by atoms with E-state index in [4.69, 9.17) is 0 Å². The quantitative estimate of drug-likeness (QED) is 0.826. The second kappa shape index (κ2) is 6.78. The highest BCUT2D eigenvalue weighted by Crippen LogP contribution is 2.15. The molecule has 0 unspecified atom stereocenters. The summed E-state index contributed by atoms with van der Waals surface area (Å²) in [6.45, 7) is 3.87. The minimum Gasteiger partial charge on any atom is -0.379 e. The Morgan fingerprint density at radius 1 is 1.14 bits per heavy atom. The number of nitrogens with zero attached hydrogens (tertiary/aromatic N) is 1. The highest BCUT2D eigenvalue weighted by atomic mass is 32.2. The van der Waals surface area contributed by atoms with Gasteiger partial charge in [-0.3, -0.25) is 0 Å². The number of sulfonamides is 1. The number of hydrogen-bond acceptors (Lipinski definition) is 3. The molecule has 0 radical (unpaired) electrons. The average molecular weight is 307 g/mol. The standard InChI is InChI=1S/C15H21N3O2S/c1-3-10-18-11-4-5-14(18)12-17-13-6-8-15(9-7-13)21(19,20)16-2/h4-9,11,16-17H,3,10,12H2,1-2H3. The molecule has 0 atom stereocenters. The fourth-order valence-electron chi connectivity index (χ4n) is 2.13. The summed E-state index contributed by atoms with van der Waals surface area (Å²) in [6, 6.07) is 10.9. The van der Waals surface area contributed by atoms with Gasteiger partial charge >= 0.3 is 0 Å². The van der Waals surface area contributed by atoms with Gasteiger partial charge in [0.15, 0.2) is 0 Å². The molecule has 0 aliphatic rings. The predicted molar refractivity (Wildman–Crippen MR) is 84.7 cm³/mol. The lowest BCUT2D eigenvalue weighted by Gasteiger charge is -2.11. The SMILES string of the molecule is CCCn1cccc1CNc1ccc(S(=O)(=O)NC)cc1. The molecular weight excluding hydrogens is 286 g/mol. The molecule has 0 saturated carbocycles. The van der Waals surface area contributed by atoms with Crippen LogP contribution in [-0.2, 0) is 23.1 Å². The van der Waals surface area contributed by atoms with Crippen LogP contribution in [0, 0.1) is 0 Å². The Balaban J connectivity index is 2.02. The summed E-state index contributed by atoms with van der Waals surface area (Å²) in [5, 5.41) is 3.31. The lowest BCUT2D eigenvalue weighted by Crippen LogP contribution is -2.18. The predicted octanol–water partition coefficient (Wildman–Crippen LogP) is 2.42. The van der Waals surface area contributed by atoms with E-state index in [2.05, 4.69) is 33.8 Å². The van der Waals surface area contributed by atoms with Gasteiger partial charge < -0.3 is 9.88 Å². The van der Waals surface area contributed by atoms with Crippen molar-refractivity contribution < 1.29 is 8.42 Å². The number of aromatic nitrogens is 1. The second-order valence-electron chi connectivity index (χ2n) is 4.78. The Kier molecular flexibility index (Phi) is 5.03. The van der Waals surface area contributed by atoms with Gasteiger partial charge in [-0.2, -0.15) is 0 Å². The van der Waals surface area contributed by atoms with Crippen molar-refractivity contribution in [2.24, 2.45) is 0 Å².